The SMILES string of the molecule is CCNCc1cc(Cl)cc(S(=O)(=O)N(C)CCOC)c1F. The van der Waals surface area contributed by atoms with Gasteiger partial charge in [-0.05, 0) is 18.7 Å². The number of nitrogens with one attached hydrogen (secondary N) is 1. The van der Waals surface area contributed by atoms with E-state index >= 15 is 0 Å². The Morgan fingerprint density at radius 2 is 2.10 bits per heavy atom. The average Bonchev–Trinajstić information content (AvgIpc) is 2.44. The standard InChI is InChI=1S/C13H20ClFN2O3S/c1-4-16-9-10-7-11(14)8-12(13(10)15)21(18,19)17(2)5-6-20-3/h7-8,16H,4-6,9H2,1-3H3. The zero-order valence-electron chi connectivity index (χ0n) is 12.3. The zero-order valence-corrected chi connectivity index (χ0v) is 13.9. The molecule has 0 radical (unpaired) electrons. The molecule has 120 valence electrons. The quantitative estimate of drug-likeness (QED) is 0.786. The summed E-state index contributed by atoms with van der Waals surface area (Å²) >= 11 is 5.91. The maximum atomic E-state index is 14.4. The number of hydrogen-bond donors (Lipinski definition) is 1. The van der Waals surface area contributed by atoms with Crippen molar-refractivity contribution in [2.45, 2.75) is 18.4 Å². The van der Waals surface area contributed by atoms with E-state index in [0.29, 0.717) is 6.54 Å². The van der Waals surface area contributed by atoms with E-state index in [2.05, 4.69) is 5.32 Å². The normalized spacial score (nSPS) is 12.1. The molecule has 0 unspecified atom stereocenters. The van der Waals surface area contributed by atoms with Crippen LogP contribution in [-0.2, 0) is 21.3 Å². The van der Waals surface area contributed by atoms with Gasteiger partial charge in [-0.15, -0.1) is 0 Å². The van der Waals surface area contributed by atoms with Crippen LogP contribution in [0.3, 0.4) is 0 Å². The Bertz CT molecular complexity index is 581. The van der Waals surface area contributed by atoms with E-state index < -0.39 is 20.7 Å². The number of halogens is 2. The zero-order chi connectivity index (χ0) is 16.0. The molecule has 0 aliphatic carbocycles. The molecule has 8 heteroatoms. The van der Waals surface area contributed by atoms with E-state index in [4.69, 9.17) is 16.3 Å². The fourth-order valence-electron chi connectivity index (χ4n) is 1.70. The summed E-state index contributed by atoms with van der Waals surface area (Å²) in [6.07, 6.45) is 0. The molecule has 1 N–H and O–H groups in total. The minimum absolute atomic E-state index is 0.132. The van der Waals surface area contributed by atoms with Crippen LogP contribution < -0.4 is 5.32 Å². The molecule has 0 fully saturated rings. The van der Waals surface area contributed by atoms with Gasteiger partial charge in [-0.25, -0.2) is 12.8 Å². The second-order valence-electron chi connectivity index (χ2n) is 4.48. The number of ether oxygens (including phenoxy) is 1. The number of benzene rings is 1. The summed E-state index contributed by atoms with van der Waals surface area (Å²) in [4.78, 5) is -0.415. The number of methoxy groups -OCH3 is 1. The second kappa shape index (κ2) is 8.05. The molecule has 0 bridgehead atoms. The van der Waals surface area contributed by atoms with Crippen molar-refractivity contribution in [2.24, 2.45) is 0 Å². The molecule has 21 heavy (non-hydrogen) atoms. The number of sulfonamides is 1. The molecule has 0 aromatic heterocycles. The van der Waals surface area contributed by atoms with Crippen LogP contribution in [0.1, 0.15) is 12.5 Å². The Morgan fingerprint density at radius 3 is 2.67 bits per heavy atom. The van der Waals surface area contributed by atoms with E-state index in [1.165, 1.54) is 20.2 Å². The highest BCUT2D eigenvalue weighted by molar-refractivity contribution is 7.89. The summed E-state index contributed by atoms with van der Waals surface area (Å²) in [5.74, 6) is -0.774. The predicted octanol–water partition coefficient (Wildman–Crippen LogP) is 1.86. The molecular formula is C13H20ClFN2O3S. The molecule has 0 spiro atoms. The van der Waals surface area contributed by atoms with Crippen molar-refractivity contribution < 1.29 is 17.5 Å². The van der Waals surface area contributed by atoms with Gasteiger partial charge in [0.2, 0.25) is 10.0 Å². The highest BCUT2D eigenvalue weighted by Crippen LogP contribution is 2.25. The predicted molar refractivity (Wildman–Crippen MR) is 80.5 cm³/mol. The fraction of sp³-hybridized carbons (Fsp3) is 0.538. The lowest BCUT2D eigenvalue weighted by Crippen LogP contribution is -2.31. The lowest BCUT2D eigenvalue weighted by atomic mass is 10.2. The summed E-state index contributed by atoms with van der Waals surface area (Å²) < 4.78 is 45.1. The molecule has 0 saturated carbocycles. The van der Waals surface area contributed by atoms with Gasteiger partial charge in [0.25, 0.3) is 0 Å². The minimum atomic E-state index is -3.95. The van der Waals surface area contributed by atoms with Crippen LogP contribution in [0, 0.1) is 5.82 Å². The monoisotopic (exact) mass is 338 g/mol. The van der Waals surface area contributed by atoms with Crippen molar-refractivity contribution in [3.8, 4) is 0 Å². The maximum absolute atomic E-state index is 14.4. The lowest BCUT2D eigenvalue weighted by Gasteiger charge is -2.18. The number of rotatable bonds is 8. The molecule has 1 rings (SSSR count). The summed E-state index contributed by atoms with van der Waals surface area (Å²) in [7, 11) is -1.10. The van der Waals surface area contributed by atoms with Crippen molar-refractivity contribution in [2.75, 3.05) is 33.9 Å². The Morgan fingerprint density at radius 1 is 1.43 bits per heavy atom. The number of hydrogen-bond acceptors (Lipinski definition) is 4. The first-order chi connectivity index (χ1) is 9.84. The van der Waals surface area contributed by atoms with Crippen LogP contribution >= 0.6 is 11.6 Å². The summed E-state index contributed by atoms with van der Waals surface area (Å²) in [5.41, 5.74) is 0.225. The smallest absolute Gasteiger partial charge is 0.245 e. The van der Waals surface area contributed by atoms with E-state index in [1.807, 2.05) is 6.92 Å². The van der Waals surface area contributed by atoms with Gasteiger partial charge in [0.1, 0.15) is 10.7 Å². The van der Waals surface area contributed by atoms with Gasteiger partial charge in [-0.2, -0.15) is 4.31 Å². The molecule has 5 nitrogen and oxygen atoms in total. The van der Waals surface area contributed by atoms with E-state index in [1.54, 1.807) is 0 Å². The molecule has 1 aromatic rings. The third kappa shape index (κ3) is 4.62. The molecule has 0 aliphatic heterocycles. The summed E-state index contributed by atoms with van der Waals surface area (Å²) in [6, 6.07) is 2.55. The van der Waals surface area contributed by atoms with Crippen LogP contribution in [0.15, 0.2) is 17.0 Å². The maximum Gasteiger partial charge on any atom is 0.245 e. The van der Waals surface area contributed by atoms with Gasteiger partial charge in [-0.3, -0.25) is 0 Å². The number of likely N-dealkylation sites (N-methyl/N-ethyl adjacent to an activating group) is 1. The molecule has 0 heterocycles. The van der Waals surface area contributed by atoms with Crippen molar-refractivity contribution in [1.29, 1.82) is 0 Å². The topological polar surface area (TPSA) is 58.6 Å². The molecule has 0 aliphatic rings. The molecule has 0 saturated heterocycles. The van der Waals surface area contributed by atoms with Crippen molar-refractivity contribution in [3.05, 3.63) is 28.5 Å². The molecule has 0 atom stereocenters. The Kier molecular flexibility index (Phi) is 7.02. The van der Waals surface area contributed by atoms with Crippen LogP contribution in [-0.4, -0.2) is 46.6 Å². The van der Waals surface area contributed by atoms with E-state index in [-0.39, 0.29) is 30.3 Å². The van der Waals surface area contributed by atoms with Crippen LogP contribution in [0.4, 0.5) is 4.39 Å². The number of nitrogens with zero attached hydrogens (tertiary/aromatic N) is 1. The van der Waals surface area contributed by atoms with Crippen molar-refractivity contribution >= 4 is 21.6 Å². The van der Waals surface area contributed by atoms with Gasteiger partial charge in [0, 0.05) is 37.8 Å². The highest BCUT2D eigenvalue weighted by atomic mass is 35.5. The Labute approximate surface area is 130 Å². The summed E-state index contributed by atoms with van der Waals surface area (Å²) in [6.45, 7) is 3.09. The Hall–Kier alpha value is -0.730. The average molecular weight is 339 g/mol. The molecule has 1 aromatic carbocycles. The van der Waals surface area contributed by atoms with Crippen LogP contribution in [0.25, 0.3) is 0 Å². The van der Waals surface area contributed by atoms with Gasteiger partial charge in [0.15, 0.2) is 0 Å². The van der Waals surface area contributed by atoms with Crippen LogP contribution in [0.5, 0.6) is 0 Å². The third-order valence-corrected chi connectivity index (χ3v) is 5.02. The lowest BCUT2D eigenvalue weighted by molar-refractivity contribution is 0.185. The van der Waals surface area contributed by atoms with Gasteiger partial charge >= 0.3 is 0 Å². The van der Waals surface area contributed by atoms with Gasteiger partial charge < -0.3 is 10.1 Å². The van der Waals surface area contributed by atoms with Gasteiger partial charge in [-0.1, -0.05) is 18.5 Å². The first kappa shape index (κ1) is 18.3. The largest absolute Gasteiger partial charge is 0.383 e. The first-order valence-corrected chi connectivity index (χ1v) is 8.30. The molecular weight excluding hydrogens is 319 g/mol. The second-order valence-corrected chi connectivity index (χ2v) is 6.93. The first-order valence-electron chi connectivity index (χ1n) is 6.48. The highest BCUT2D eigenvalue weighted by Gasteiger charge is 2.26. The minimum Gasteiger partial charge on any atom is -0.383 e. The third-order valence-electron chi connectivity index (χ3n) is 2.94. The van der Waals surface area contributed by atoms with E-state index in [0.717, 1.165) is 10.4 Å². The van der Waals surface area contributed by atoms with Crippen LogP contribution in [0.2, 0.25) is 5.02 Å². The van der Waals surface area contributed by atoms with Gasteiger partial charge in [0.05, 0.1) is 6.61 Å². The molecule has 0 amide bonds. The Balaban J connectivity index is 3.19. The van der Waals surface area contributed by atoms with Crippen molar-refractivity contribution in [3.63, 3.8) is 0 Å². The van der Waals surface area contributed by atoms with Crippen molar-refractivity contribution in [1.82, 2.24) is 9.62 Å². The fourth-order valence-corrected chi connectivity index (χ4v) is 3.29. The summed E-state index contributed by atoms with van der Waals surface area (Å²) in [5, 5.41) is 3.13. The van der Waals surface area contributed by atoms with E-state index in [9.17, 15) is 12.8 Å².